The number of primary amides is 1. The van der Waals surface area contributed by atoms with E-state index in [-0.39, 0.29) is 59.0 Å². The molecule has 16 heteroatoms. The van der Waals surface area contributed by atoms with Gasteiger partial charge in [0, 0.05) is 35.6 Å². The molecule has 1 aromatic heterocycles. The molecule has 3 aromatic rings. The van der Waals surface area contributed by atoms with Crippen LogP contribution >= 0.6 is 11.6 Å². The highest BCUT2D eigenvalue weighted by Gasteiger charge is 2.42. The van der Waals surface area contributed by atoms with Gasteiger partial charge in [0.1, 0.15) is 0 Å². The topological polar surface area (TPSA) is 110 Å². The van der Waals surface area contributed by atoms with Crippen LogP contribution in [0, 0.1) is 11.8 Å². The van der Waals surface area contributed by atoms with E-state index < -0.39 is 47.4 Å². The Labute approximate surface area is 265 Å². The van der Waals surface area contributed by atoms with Gasteiger partial charge in [-0.15, -0.1) is 5.10 Å². The van der Waals surface area contributed by atoms with Gasteiger partial charge in [-0.25, -0.2) is 0 Å². The van der Waals surface area contributed by atoms with Gasteiger partial charge in [0.25, 0.3) is 5.95 Å². The molecule has 2 N–H and O–H groups in total. The molecule has 1 saturated carbocycles. The van der Waals surface area contributed by atoms with E-state index in [2.05, 4.69) is 15.4 Å². The quantitative estimate of drug-likeness (QED) is 0.289. The van der Waals surface area contributed by atoms with Crippen molar-refractivity contribution >= 4 is 35.1 Å². The molecule has 0 radical (unpaired) electrons. The van der Waals surface area contributed by atoms with Crippen molar-refractivity contribution in [3.63, 3.8) is 0 Å². The second-order valence-corrected chi connectivity index (χ2v) is 12.5. The van der Waals surface area contributed by atoms with E-state index >= 15 is 0 Å². The highest BCUT2D eigenvalue weighted by Crippen LogP contribution is 2.46. The molecular formula is C30H32ClF6N7O2. The maximum absolute atomic E-state index is 14.0. The molecule has 1 aliphatic carbocycles. The Kier molecular flexibility index (Phi) is 9.26. The van der Waals surface area contributed by atoms with Crippen LogP contribution in [0.5, 0.6) is 0 Å². The summed E-state index contributed by atoms with van der Waals surface area (Å²) in [5.74, 6) is -0.996. The fraction of sp³-hybridized carbons (Fsp3) is 0.500. The summed E-state index contributed by atoms with van der Waals surface area (Å²) < 4.78 is 83.0. The number of tetrazole rings is 1. The molecule has 9 nitrogen and oxygen atoms in total. The second-order valence-electron chi connectivity index (χ2n) is 12.0. The van der Waals surface area contributed by atoms with Gasteiger partial charge in [0.15, 0.2) is 0 Å². The summed E-state index contributed by atoms with van der Waals surface area (Å²) in [5, 5.41) is 11.9. The van der Waals surface area contributed by atoms with Gasteiger partial charge in [0.2, 0.25) is 11.8 Å². The molecule has 1 aliphatic heterocycles. The first kappa shape index (κ1) is 33.5. The van der Waals surface area contributed by atoms with Crippen molar-refractivity contribution in [1.82, 2.24) is 20.2 Å². The number of amides is 2. The average Bonchev–Trinajstić information content (AvgIpc) is 3.39. The maximum Gasteiger partial charge on any atom is 0.416 e. The number of nitrogens with two attached hydrogens (primary N) is 1. The smallest absolute Gasteiger partial charge is 0.370 e. The van der Waals surface area contributed by atoms with Gasteiger partial charge in [-0.3, -0.25) is 9.59 Å². The molecule has 0 saturated heterocycles. The van der Waals surface area contributed by atoms with Gasteiger partial charge < -0.3 is 15.5 Å². The number of carbonyl (C=O) groups excluding carboxylic acids is 2. The minimum atomic E-state index is -4.71. The summed E-state index contributed by atoms with van der Waals surface area (Å²) >= 11 is 6.05. The number of anilines is 2. The first-order valence-corrected chi connectivity index (χ1v) is 15.1. The predicted octanol–water partition coefficient (Wildman–Crippen LogP) is 6.46. The Morgan fingerprint density at radius 2 is 1.67 bits per heavy atom. The predicted molar refractivity (Wildman–Crippen MR) is 156 cm³/mol. The van der Waals surface area contributed by atoms with Gasteiger partial charge in [0.05, 0.1) is 24.2 Å². The fourth-order valence-corrected chi connectivity index (χ4v) is 6.80. The lowest BCUT2D eigenvalue weighted by Crippen LogP contribution is -2.49. The van der Waals surface area contributed by atoms with Crippen molar-refractivity contribution in [3.8, 4) is 0 Å². The Balaban J connectivity index is 1.56. The Bertz CT molecular complexity index is 1600. The average molecular weight is 672 g/mol. The number of nitrogens with zero attached hydrogens (tertiary/aromatic N) is 6. The number of benzene rings is 2. The lowest BCUT2D eigenvalue weighted by atomic mass is 9.79. The van der Waals surface area contributed by atoms with Crippen LogP contribution in [-0.2, 0) is 35.5 Å². The monoisotopic (exact) mass is 671 g/mol. The largest absolute Gasteiger partial charge is 0.416 e. The zero-order valence-electron chi connectivity index (χ0n) is 24.9. The third-order valence-electron chi connectivity index (χ3n) is 8.67. The van der Waals surface area contributed by atoms with Gasteiger partial charge >= 0.3 is 12.4 Å². The lowest BCUT2D eigenvalue weighted by Gasteiger charge is -2.45. The van der Waals surface area contributed by atoms with E-state index in [0.717, 1.165) is 29.1 Å². The van der Waals surface area contributed by atoms with Crippen molar-refractivity contribution < 1.29 is 35.9 Å². The molecule has 2 atom stereocenters. The van der Waals surface area contributed by atoms with Crippen LogP contribution in [0.1, 0.15) is 73.7 Å². The second kappa shape index (κ2) is 12.7. The van der Waals surface area contributed by atoms with Crippen LogP contribution in [0.25, 0.3) is 0 Å². The number of fused-ring (bicyclic) bond motifs is 1. The third kappa shape index (κ3) is 7.24. The van der Waals surface area contributed by atoms with Crippen LogP contribution in [0.2, 0.25) is 5.02 Å². The number of rotatable bonds is 7. The Morgan fingerprint density at radius 3 is 2.26 bits per heavy atom. The molecule has 0 spiro atoms. The van der Waals surface area contributed by atoms with Crippen LogP contribution in [0.15, 0.2) is 36.4 Å². The van der Waals surface area contributed by atoms with Crippen molar-refractivity contribution in [2.75, 3.05) is 9.80 Å². The molecule has 2 amide bonds. The SMILES string of the molecule is C[C@@H]1C[C@H](N(Cc2cc(Cl)cc(C(F)(F)F)c2)c2nnn(C)n2)c2cc(C(F)(F)F)ccc2N1C(=O)[C@H]1CC[C@H](CC(N)=O)CC1. The summed E-state index contributed by atoms with van der Waals surface area (Å²) in [5.41, 5.74) is 3.95. The van der Waals surface area contributed by atoms with Gasteiger partial charge in [-0.1, -0.05) is 16.7 Å². The molecule has 2 aromatic carbocycles. The number of aromatic nitrogens is 4. The molecule has 2 aliphatic rings. The van der Waals surface area contributed by atoms with E-state index in [1.165, 1.54) is 29.0 Å². The number of alkyl halides is 6. The molecule has 1 fully saturated rings. The number of carbonyl (C=O) groups is 2. The van der Waals surface area contributed by atoms with Crippen LogP contribution < -0.4 is 15.5 Å². The number of aryl methyl sites for hydroxylation is 1. The Morgan fingerprint density at radius 1 is 1.00 bits per heavy atom. The highest BCUT2D eigenvalue weighted by molar-refractivity contribution is 6.30. The summed E-state index contributed by atoms with van der Waals surface area (Å²) in [6.07, 6.45) is -6.80. The van der Waals surface area contributed by atoms with Crippen LogP contribution in [0.3, 0.4) is 0 Å². The standard InChI is InChI=1S/C30H32ClF6N7O2/c1-16-9-25(43(28-39-41-42(2)40-28)15-18-10-21(30(35,36)37)13-22(31)11-18)23-14-20(29(32,33)34)7-8-24(23)44(16)27(46)19-5-3-17(4-6-19)12-26(38)45/h7-8,10-11,13-14,16-17,19,25H,3-6,9,12,15H2,1-2H3,(H2,38,45)/t16-,17-,19-,25+/m1/s1. The Hall–Kier alpha value is -3.88. The van der Waals surface area contributed by atoms with E-state index in [0.29, 0.717) is 25.7 Å². The molecular weight excluding hydrogens is 640 g/mol. The number of halogens is 7. The summed E-state index contributed by atoms with van der Waals surface area (Å²) in [4.78, 5) is 29.5. The van der Waals surface area contributed by atoms with Crippen LogP contribution in [-0.4, -0.2) is 38.1 Å². The van der Waals surface area contributed by atoms with Gasteiger partial charge in [-0.05, 0) is 97.7 Å². The minimum absolute atomic E-state index is 0.0239. The molecule has 0 bridgehead atoms. The van der Waals surface area contributed by atoms with Crippen molar-refractivity contribution in [1.29, 1.82) is 0 Å². The maximum atomic E-state index is 14.0. The third-order valence-corrected chi connectivity index (χ3v) is 8.89. The number of hydrogen-bond donors (Lipinski definition) is 1. The first-order valence-electron chi connectivity index (χ1n) is 14.7. The summed E-state index contributed by atoms with van der Waals surface area (Å²) in [6.45, 7) is 1.52. The molecule has 5 rings (SSSR count). The zero-order valence-corrected chi connectivity index (χ0v) is 25.7. The van der Waals surface area contributed by atoms with E-state index in [4.69, 9.17) is 17.3 Å². The normalized spacial score (nSPS) is 22.0. The van der Waals surface area contributed by atoms with Gasteiger partial charge in [-0.2, -0.15) is 31.1 Å². The van der Waals surface area contributed by atoms with E-state index in [9.17, 15) is 35.9 Å². The first-order chi connectivity index (χ1) is 21.5. The van der Waals surface area contributed by atoms with E-state index in [1.54, 1.807) is 6.92 Å². The number of hydrogen-bond acceptors (Lipinski definition) is 6. The molecule has 0 unspecified atom stereocenters. The lowest BCUT2D eigenvalue weighted by molar-refractivity contribution is -0.138. The molecule has 248 valence electrons. The zero-order chi connectivity index (χ0) is 33.6. The minimum Gasteiger partial charge on any atom is -0.370 e. The summed E-state index contributed by atoms with van der Waals surface area (Å²) in [6, 6.07) is 4.78. The summed E-state index contributed by atoms with van der Waals surface area (Å²) in [7, 11) is 1.48. The fourth-order valence-electron chi connectivity index (χ4n) is 6.55. The molecule has 2 heterocycles. The van der Waals surface area contributed by atoms with Crippen LogP contribution in [0.4, 0.5) is 38.0 Å². The van der Waals surface area contributed by atoms with Crippen molar-refractivity contribution in [3.05, 3.63) is 63.7 Å². The van der Waals surface area contributed by atoms with Crippen molar-refractivity contribution in [2.24, 2.45) is 24.6 Å². The highest BCUT2D eigenvalue weighted by atomic mass is 35.5. The molecule has 46 heavy (non-hydrogen) atoms. The van der Waals surface area contributed by atoms with E-state index in [1.807, 2.05) is 0 Å². The van der Waals surface area contributed by atoms with Crippen molar-refractivity contribution in [2.45, 2.75) is 76.4 Å².